The molecule has 0 saturated carbocycles. The summed E-state index contributed by atoms with van der Waals surface area (Å²) in [4.78, 5) is 11.8. The monoisotopic (exact) mass is 495 g/mol. The van der Waals surface area contributed by atoms with Gasteiger partial charge >= 0.3 is 5.97 Å². The summed E-state index contributed by atoms with van der Waals surface area (Å²) in [5.41, 5.74) is 1.44. The fraction of sp³-hybridized carbons (Fsp3) is 0.174. The Labute approximate surface area is 196 Å². The van der Waals surface area contributed by atoms with Crippen LogP contribution in [0.3, 0.4) is 0 Å². The van der Waals surface area contributed by atoms with E-state index in [0.29, 0.717) is 26.7 Å². The van der Waals surface area contributed by atoms with Gasteiger partial charge in [0.1, 0.15) is 5.82 Å². The van der Waals surface area contributed by atoms with Crippen LogP contribution in [0.25, 0.3) is 0 Å². The first-order valence-corrected chi connectivity index (χ1v) is 11.9. The fourth-order valence-electron chi connectivity index (χ4n) is 3.01. The fourth-order valence-corrected chi connectivity index (χ4v) is 4.92. The second-order valence-electron chi connectivity index (χ2n) is 6.84. The van der Waals surface area contributed by atoms with Gasteiger partial charge in [-0.25, -0.2) is 17.6 Å². The molecule has 0 radical (unpaired) electrons. The van der Waals surface area contributed by atoms with E-state index in [-0.39, 0.29) is 24.6 Å². The Morgan fingerprint density at radius 2 is 1.53 bits per heavy atom. The standard InChI is InChI=1S/C23H20Cl2FNO4S/c1-2-31-23(28)17-8-6-16(7-9-17)14-27(15-20-21(24)4-3-5-22(20)25)32(29,30)19-12-10-18(26)11-13-19/h3-13H,2,14-15H2,1H3. The van der Waals surface area contributed by atoms with Gasteiger partial charge in [0.05, 0.1) is 17.1 Å². The highest BCUT2D eigenvalue weighted by molar-refractivity contribution is 7.89. The predicted octanol–water partition coefficient (Wildman–Crippen LogP) is 5.70. The van der Waals surface area contributed by atoms with E-state index in [4.69, 9.17) is 27.9 Å². The number of halogens is 3. The number of carbonyl (C=O) groups is 1. The lowest BCUT2D eigenvalue weighted by Crippen LogP contribution is -2.30. The van der Waals surface area contributed by atoms with Gasteiger partial charge in [-0.15, -0.1) is 0 Å². The summed E-state index contributed by atoms with van der Waals surface area (Å²) in [6.45, 7) is 1.84. The van der Waals surface area contributed by atoms with Gasteiger partial charge in [-0.1, -0.05) is 41.4 Å². The van der Waals surface area contributed by atoms with Crippen molar-refractivity contribution in [3.8, 4) is 0 Å². The van der Waals surface area contributed by atoms with E-state index in [1.807, 2.05) is 0 Å². The molecule has 0 fully saturated rings. The zero-order chi connectivity index (χ0) is 23.3. The molecule has 0 aliphatic carbocycles. The molecular formula is C23H20Cl2FNO4S. The normalized spacial score (nSPS) is 11.5. The number of rotatable bonds is 8. The molecule has 0 atom stereocenters. The van der Waals surface area contributed by atoms with E-state index in [9.17, 15) is 17.6 Å². The van der Waals surface area contributed by atoms with Crippen molar-refractivity contribution in [3.63, 3.8) is 0 Å². The third-order valence-electron chi connectivity index (χ3n) is 4.67. The maximum absolute atomic E-state index is 13.4. The van der Waals surface area contributed by atoms with Crippen molar-refractivity contribution >= 4 is 39.2 Å². The average Bonchev–Trinajstić information content (AvgIpc) is 2.76. The summed E-state index contributed by atoms with van der Waals surface area (Å²) in [6, 6.07) is 15.9. The van der Waals surface area contributed by atoms with Gasteiger partial charge in [-0.2, -0.15) is 4.31 Å². The van der Waals surface area contributed by atoms with E-state index >= 15 is 0 Å². The maximum Gasteiger partial charge on any atom is 0.338 e. The third-order valence-corrected chi connectivity index (χ3v) is 7.19. The minimum absolute atomic E-state index is 0.0234. The van der Waals surface area contributed by atoms with Gasteiger partial charge in [0, 0.05) is 28.7 Å². The molecule has 0 amide bonds. The van der Waals surface area contributed by atoms with Gasteiger partial charge in [0.2, 0.25) is 10.0 Å². The molecule has 9 heteroatoms. The number of hydrogen-bond donors (Lipinski definition) is 0. The molecule has 3 aromatic carbocycles. The molecular weight excluding hydrogens is 476 g/mol. The first kappa shape index (κ1) is 24.2. The van der Waals surface area contributed by atoms with E-state index in [2.05, 4.69) is 0 Å². The lowest BCUT2D eigenvalue weighted by molar-refractivity contribution is 0.0526. The molecule has 3 aromatic rings. The molecule has 0 heterocycles. The van der Waals surface area contributed by atoms with Crippen molar-refractivity contribution in [2.75, 3.05) is 6.61 Å². The smallest absolute Gasteiger partial charge is 0.338 e. The molecule has 0 spiro atoms. The van der Waals surface area contributed by atoms with Crippen LogP contribution in [-0.4, -0.2) is 25.3 Å². The lowest BCUT2D eigenvalue weighted by Gasteiger charge is -2.23. The first-order chi connectivity index (χ1) is 15.2. The lowest BCUT2D eigenvalue weighted by atomic mass is 10.1. The summed E-state index contributed by atoms with van der Waals surface area (Å²) in [5, 5.41) is 0.656. The van der Waals surface area contributed by atoms with Crippen LogP contribution in [0.15, 0.2) is 71.6 Å². The molecule has 0 aromatic heterocycles. The maximum atomic E-state index is 13.4. The number of nitrogens with zero attached hydrogens (tertiary/aromatic N) is 1. The highest BCUT2D eigenvalue weighted by atomic mass is 35.5. The Bertz CT molecular complexity index is 1180. The highest BCUT2D eigenvalue weighted by Gasteiger charge is 2.26. The van der Waals surface area contributed by atoms with E-state index in [1.54, 1.807) is 49.4 Å². The number of carbonyl (C=O) groups excluding carboxylic acids is 1. The van der Waals surface area contributed by atoms with Gasteiger partial charge in [-0.3, -0.25) is 0 Å². The molecule has 0 unspecified atom stereocenters. The zero-order valence-electron chi connectivity index (χ0n) is 17.1. The van der Waals surface area contributed by atoms with Crippen LogP contribution in [0.1, 0.15) is 28.4 Å². The number of sulfonamides is 1. The number of hydrogen-bond acceptors (Lipinski definition) is 4. The number of benzene rings is 3. The molecule has 0 saturated heterocycles. The Morgan fingerprint density at radius 1 is 0.938 bits per heavy atom. The van der Waals surface area contributed by atoms with E-state index in [1.165, 1.54) is 16.4 Å². The van der Waals surface area contributed by atoms with Crippen molar-refractivity contribution in [1.29, 1.82) is 0 Å². The molecule has 32 heavy (non-hydrogen) atoms. The second-order valence-corrected chi connectivity index (χ2v) is 9.60. The van der Waals surface area contributed by atoms with Crippen molar-refractivity contribution in [3.05, 3.63) is 99.3 Å². The quantitative estimate of drug-likeness (QED) is 0.376. The molecule has 0 aliphatic rings. The predicted molar refractivity (Wildman–Crippen MR) is 122 cm³/mol. The van der Waals surface area contributed by atoms with E-state index in [0.717, 1.165) is 12.1 Å². The van der Waals surface area contributed by atoms with E-state index < -0.39 is 21.8 Å². The summed E-state index contributed by atoms with van der Waals surface area (Å²) in [6.07, 6.45) is 0. The minimum Gasteiger partial charge on any atom is -0.462 e. The summed E-state index contributed by atoms with van der Waals surface area (Å²) < 4.78 is 46.3. The molecule has 168 valence electrons. The average molecular weight is 496 g/mol. The van der Waals surface area contributed by atoms with Gasteiger partial charge < -0.3 is 4.74 Å². The largest absolute Gasteiger partial charge is 0.462 e. The van der Waals surface area contributed by atoms with Gasteiger partial charge in [-0.05, 0) is 61.0 Å². The van der Waals surface area contributed by atoms with Crippen LogP contribution >= 0.6 is 23.2 Å². The van der Waals surface area contributed by atoms with Crippen LogP contribution in [-0.2, 0) is 27.8 Å². The molecule has 5 nitrogen and oxygen atoms in total. The summed E-state index contributed by atoms with van der Waals surface area (Å²) in [7, 11) is -4.03. The first-order valence-electron chi connectivity index (χ1n) is 9.67. The Hall–Kier alpha value is -2.45. The van der Waals surface area contributed by atoms with Crippen LogP contribution < -0.4 is 0 Å². The molecule has 3 rings (SSSR count). The zero-order valence-corrected chi connectivity index (χ0v) is 19.4. The summed E-state index contributed by atoms with van der Waals surface area (Å²) >= 11 is 12.5. The van der Waals surface area contributed by atoms with Crippen molar-refractivity contribution in [2.45, 2.75) is 24.9 Å². The molecule has 0 bridgehead atoms. The van der Waals surface area contributed by atoms with Crippen LogP contribution in [0, 0.1) is 5.82 Å². The van der Waals surface area contributed by atoms with Crippen LogP contribution in [0.4, 0.5) is 4.39 Å². The van der Waals surface area contributed by atoms with Gasteiger partial charge in [0.15, 0.2) is 0 Å². The minimum atomic E-state index is -4.03. The molecule has 0 N–H and O–H groups in total. The van der Waals surface area contributed by atoms with Gasteiger partial charge in [0.25, 0.3) is 0 Å². The third kappa shape index (κ3) is 5.66. The van der Waals surface area contributed by atoms with Crippen LogP contribution in [0.5, 0.6) is 0 Å². The van der Waals surface area contributed by atoms with Crippen molar-refractivity contribution < 1.29 is 22.3 Å². The summed E-state index contributed by atoms with van der Waals surface area (Å²) in [5.74, 6) is -1.00. The SMILES string of the molecule is CCOC(=O)c1ccc(CN(Cc2c(Cl)cccc2Cl)S(=O)(=O)c2ccc(F)cc2)cc1. The highest BCUT2D eigenvalue weighted by Crippen LogP contribution is 2.29. The topological polar surface area (TPSA) is 63.7 Å². The van der Waals surface area contributed by atoms with Crippen molar-refractivity contribution in [2.24, 2.45) is 0 Å². The number of esters is 1. The van der Waals surface area contributed by atoms with Crippen molar-refractivity contribution in [1.82, 2.24) is 4.31 Å². The Morgan fingerprint density at radius 3 is 2.09 bits per heavy atom. The number of ether oxygens (including phenoxy) is 1. The van der Waals surface area contributed by atoms with Crippen LogP contribution in [0.2, 0.25) is 10.0 Å². The second kappa shape index (κ2) is 10.4. The molecule has 0 aliphatic heterocycles. The Kier molecular flexibility index (Phi) is 7.90. The Balaban J connectivity index is 1.97.